The van der Waals surface area contributed by atoms with Crippen LogP contribution >= 0.6 is 0 Å². The predicted octanol–water partition coefficient (Wildman–Crippen LogP) is 3.93. The van der Waals surface area contributed by atoms with Crippen molar-refractivity contribution < 1.29 is 0 Å². The van der Waals surface area contributed by atoms with E-state index in [1.807, 2.05) is 0 Å². The molecule has 0 saturated heterocycles. The summed E-state index contributed by atoms with van der Waals surface area (Å²) in [6, 6.07) is 21.3. The molecular weight excluding hydrogens is 218 g/mol. The van der Waals surface area contributed by atoms with Crippen LogP contribution in [0.5, 0.6) is 0 Å². The van der Waals surface area contributed by atoms with Crippen LogP contribution in [-0.2, 0) is 6.54 Å². The van der Waals surface area contributed by atoms with E-state index in [2.05, 4.69) is 71.8 Å². The van der Waals surface area contributed by atoms with Gasteiger partial charge in [-0.2, -0.15) is 0 Å². The van der Waals surface area contributed by atoms with Crippen LogP contribution in [0.2, 0.25) is 0 Å². The minimum atomic E-state index is 1.01. The molecular formula is C17H17N. The molecule has 0 atom stereocenters. The highest BCUT2D eigenvalue weighted by molar-refractivity contribution is 5.66. The Bertz CT molecular complexity index is 528. The molecule has 0 unspecified atom stereocenters. The Hall–Kier alpha value is -2.02. The second-order valence-corrected chi connectivity index (χ2v) is 4.73. The zero-order valence-electron chi connectivity index (χ0n) is 10.4. The molecule has 3 rings (SSSR count). The Balaban J connectivity index is 1.73. The van der Waals surface area contributed by atoms with Crippen molar-refractivity contribution >= 4 is 5.57 Å². The van der Waals surface area contributed by atoms with Crippen LogP contribution in [0.15, 0.2) is 66.9 Å². The number of nitrogens with zero attached hydrogens (tertiary/aromatic N) is 1. The lowest BCUT2D eigenvalue weighted by molar-refractivity contribution is 0.400. The lowest BCUT2D eigenvalue weighted by Crippen LogP contribution is -2.13. The molecule has 0 saturated carbocycles. The standard InChI is InChI=1S/C17H17N/c1-3-7-15(8-4-1)13-18-12-11-17(14-18)16-9-5-2-6-10-16/h1-10,14H,11-13H2. The molecule has 1 nitrogen and oxygen atoms in total. The largest absolute Gasteiger partial charge is 0.372 e. The molecule has 2 aromatic carbocycles. The van der Waals surface area contributed by atoms with Gasteiger partial charge >= 0.3 is 0 Å². The summed E-state index contributed by atoms with van der Waals surface area (Å²) in [6.07, 6.45) is 3.46. The van der Waals surface area contributed by atoms with Gasteiger partial charge in [-0.25, -0.2) is 0 Å². The summed E-state index contributed by atoms with van der Waals surface area (Å²) in [4.78, 5) is 2.40. The second-order valence-electron chi connectivity index (χ2n) is 4.73. The first kappa shape index (κ1) is 11.1. The van der Waals surface area contributed by atoms with Crippen molar-refractivity contribution in [2.24, 2.45) is 0 Å². The van der Waals surface area contributed by atoms with Gasteiger partial charge in [0.15, 0.2) is 0 Å². The molecule has 1 heterocycles. The summed E-state index contributed by atoms with van der Waals surface area (Å²) in [6.45, 7) is 2.14. The molecule has 1 aliphatic heterocycles. The molecule has 1 heteroatoms. The number of hydrogen-bond acceptors (Lipinski definition) is 1. The molecule has 0 radical (unpaired) electrons. The third kappa shape index (κ3) is 2.45. The van der Waals surface area contributed by atoms with Gasteiger partial charge in [-0.3, -0.25) is 0 Å². The molecule has 18 heavy (non-hydrogen) atoms. The Morgan fingerprint density at radius 2 is 1.50 bits per heavy atom. The fourth-order valence-corrected chi connectivity index (χ4v) is 2.43. The van der Waals surface area contributed by atoms with E-state index in [4.69, 9.17) is 0 Å². The smallest absolute Gasteiger partial charge is 0.0424 e. The molecule has 2 aromatic rings. The van der Waals surface area contributed by atoms with Gasteiger partial charge < -0.3 is 4.90 Å². The van der Waals surface area contributed by atoms with Gasteiger partial charge in [0.1, 0.15) is 0 Å². The quantitative estimate of drug-likeness (QED) is 0.779. The van der Waals surface area contributed by atoms with E-state index >= 15 is 0 Å². The van der Waals surface area contributed by atoms with Gasteiger partial charge in [-0.15, -0.1) is 0 Å². The van der Waals surface area contributed by atoms with E-state index in [0.717, 1.165) is 19.5 Å². The molecule has 90 valence electrons. The molecule has 0 N–H and O–H groups in total. The predicted molar refractivity (Wildman–Crippen MR) is 75.9 cm³/mol. The fraction of sp³-hybridized carbons (Fsp3) is 0.176. The maximum Gasteiger partial charge on any atom is 0.0424 e. The van der Waals surface area contributed by atoms with E-state index in [-0.39, 0.29) is 0 Å². The van der Waals surface area contributed by atoms with E-state index in [1.54, 1.807) is 0 Å². The summed E-state index contributed by atoms with van der Waals surface area (Å²) in [5.74, 6) is 0. The monoisotopic (exact) mass is 235 g/mol. The Kier molecular flexibility index (Phi) is 3.14. The molecule has 0 aliphatic carbocycles. The Morgan fingerprint density at radius 3 is 2.22 bits per heavy atom. The first-order chi connectivity index (χ1) is 8.92. The minimum Gasteiger partial charge on any atom is -0.372 e. The summed E-state index contributed by atoms with van der Waals surface area (Å²) < 4.78 is 0. The lowest BCUT2D eigenvalue weighted by atomic mass is 10.1. The molecule has 0 bridgehead atoms. The number of benzene rings is 2. The van der Waals surface area contributed by atoms with Crippen molar-refractivity contribution in [1.29, 1.82) is 0 Å². The second kappa shape index (κ2) is 5.09. The van der Waals surface area contributed by atoms with Crippen LogP contribution in [0.3, 0.4) is 0 Å². The van der Waals surface area contributed by atoms with Crippen molar-refractivity contribution in [3.8, 4) is 0 Å². The first-order valence-corrected chi connectivity index (χ1v) is 6.46. The average Bonchev–Trinajstić information content (AvgIpc) is 2.89. The number of hydrogen-bond donors (Lipinski definition) is 0. The zero-order chi connectivity index (χ0) is 12.2. The first-order valence-electron chi connectivity index (χ1n) is 6.46. The van der Waals surface area contributed by atoms with Crippen LogP contribution in [-0.4, -0.2) is 11.4 Å². The van der Waals surface area contributed by atoms with E-state index in [0.29, 0.717) is 0 Å². The van der Waals surface area contributed by atoms with E-state index in [1.165, 1.54) is 16.7 Å². The third-order valence-corrected chi connectivity index (χ3v) is 3.38. The van der Waals surface area contributed by atoms with Crippen LogP contribution in [0.1, 0.15) is 17.5 Å². The maximum atomic E-state index is 2.40. The van der Waals surface area contributed by atoms with E-state index in [9.17, 15) is 0 Å². The number of rotatable bonds is 3. The van der Waals surface area contributed by atoms with Gasteiger partial charge in [0.25, 0.3) is 0 Å². The van der Waals surface area contributed by atoms with Crippen LogP contribution in [0.25, 0.3) is 5.57 Å². The van der Waals surface area contributed by atoms with Crippen LogP contribution < -0.4 is 0 Å². The summed E-state index contributed by atoms with van der Waals surface area (Å²) in [7, 11) is 0. The highest BCUT2D eigenvalue weighted by atomic mass is 15.1. The summed E-state index contributed by atoms with van der Waals surface area (Å²) >= 11 is 0. The Morgan fingerprint density at radius 1 is 0.833 bits per heavy atom. The molecule has 1 aliphatic rings. The average molecular weight is 235 g/mol. The zero-order valence-corrected chi connectivity index (χ0v) is 10.4. The van der Waals surface area contributed by atoms with Gasteiger partial charge in [0, 0.05) is 19.3 Å². The van der Waals surface area contributed by atoms with Crippen LogP contribution in [0.4, 0.5) is 0 Å². The van der Waals surface area contributed by atoms with Gasteiger partial charge in [0.2, 0.25) is 0 Å². The van der Waals surface area contributed by atoms with Crippen LogP contribution in [0, 0.1) is 0 Å². The highest BCUT2D eigenvalue weighted by Gasteiger charge is 2.13. The van der Waals surface area contributed by atoms with Gasteiger partial charge in [-0.1, -0.05) is 60.7 Å². The van der Waals surface area contributed by atoms with Gasteiger partial charge in [0.05, 0.1) is 0 Å². The SMILES string of the molecule is C1=C(c2ccccc2)CCN1Cc1ccccc1. The topological polar surface area (TPSA) is 3.24 Å². The lowest BCUT2D eigenvalue weighted by Gasteiger charge is -2.14. The molecule has 0 fully saturated rings. The normalized spacial score (nSPS) is 14.7. The molecule has 0 aromatic heterocycles. The van der Waals surface area contributed by atoms with E-state index < -0.39 is 0 Å². The van der Waals surface area contributed by atoms with Crippen molar-refractivity contribution in [2.75, 3.05) is 6.54 Å². The summed E-state index contributed by atoms with van der Waals surface area (Å²) in [5, 5.41) is 0. The Labute approximate surface area is 108 Å². The molecule has 0 amide bonds. The molecule has 0 spiro atoms. The third-order valence-electron chi connectivity index (χ3n) is 3.38. The van der Waals surface area contributed by atoms with Crippen molar-refractivity contribution in [3.05, 3.63) is 78.0 Å². The fourth-order valence-electron chi connectivity index (χ4n) is 2.43. The van der Waals surface area contributed by atoms with Crippen molar-refractivity contribution in [2.45, 2.75) is 13.0 Å². The summed E-state index contributed by atoms with van der Waals surface area (Å²) in [5.41, 5.74) is 4.18. The van der Waals surface area contributed by atoms with Crippen molar-refractivity contribution in [3.63, 3.8) is 0 Å². The van der Waals surface area contributed by atoms with Gasteiger partial charge in [-0.05, 0) is 23.1 Å². The maximum absolute atomic E-state index is 2.40. The highest BCUT2D eigenvalue weighted by Crippen LogP contribution is 2.25. The van der Waals surface area contributed by atoms with Crippen molar-refractivity contribution in [1.82, 2.24) is 4.90 Å². The minimum absolute atomic E-state index is 1.01.